The first kappa shape index (κ1) is 17.1. The molecule has 0 saturated heterocycles. The number of benzene rings is 2. The van der Waals surface area contributed by atoms with E-state index in [9.17, 15) is 9.59 Å². The van der Waals surface area contributed by atoms with Crippen LogP contribution in [0.3, 0.4) is 0 Å². The largest absolute Gasteiger partial charge is 0.466 e. The predicted octanol–water partition coefficient (Wildman–Crippen LogP) is 3.17. The summed E-state index contributed by atoms with van der Waals surface area (Å²) >= 11 is 0. The lowest BCUT2D eigenvalue weighted by molar-refractivity contribution is -0.143. The lowest BCUT2D eigenvalue weighted by Gasteiger charge is -2.33. The van der Waals surface area contributed by atoms with Crippen molar-refractivity contribution >= 4 is 34.5 Å². The van der Waals surface area contributed by atoms with Crippen LogP contribution >= 0.6 is 0 Å². The standard InChI is InChI=1S/C20H20N4O3/c1-3-12-24-15-10-6-4-8-13(15)22-19(24)23-18(26)20(2)17(25)21-14-9-5-7-11-16(14)27-20/h4-11H,3,12H2,1-2H3,(H,21,25)(H,22,23,26). The number of carbonyl (C=O) groups excluding carboxylic acids is 2. The third-order valence-corrected chi connectivity index (χ3v) is 4.64. The van der Waals surface area contributed by atoms with Crippen molar-refractivity contribution in [3.8, 4) is 5.75 Å². The average Bonchev–Trinajstić information content (AvgIpc) is 3.00. The number of nitrogens with zero attached hydrogens (tertiary/aromatic N) is 2. The fourth-order valence-corrected chi connectivity index (χ4v) is 3.16. The summed E-state index contributed by atoms with van der Waals surface area (Å²) in [5.74, 6) is -0.227. The zero-order valence-corrected chi connectivity index (χ0v) is 15.2. The molecule has 27 heavy (non-hydrogen) atoms. The van der Waals surface area contributed by atoms with Crippen molar-refractivity contribution in [3.05, 3.63) is 48.5 Å². The number of rotatable bonds is 4. The molecule has 0 fully saturated rings. The van der Waals surface area contributed by atoms with Crippen LogP contribution in [0.25, 0.3) is 11.0 Å². The topological polar surface area (TPSA) is 85.3 Å². The highest BCUT2D eigenvalue weighted by Crippen LogP contribution is 2.34. The second kappa shape index (κ2) is 6.42. The number of aromatic nitrogens is 2. The number of amides is 2. The summed E-state index contributed by atoms with van der Waals surface area (Å²) in [6.45, 7) is 4.21. The van der Waals surface area contributed by atoms with Crippen LogP contribution in [0, 0.1) is 0 Å². The maximum absolute atomic E-state index is 13.0. The second-order valence-electron chi connectivity index (χ2n) is 6.62. The fourth-order valence-electron chi connectivity index (χ4n) is 3.16. The average molecular weight is 364 g/mol. The van der Waals surface area contributed by atoms with Gasteiger partial charge in [-0.15, -0.1) is 0 Å². The first-order valence-corrected chi connectivity index (χ1v) is 8.89. The molecular weight excluding hydrogens is 344 g/mol. The number of ether oxygens (including phenoxy) is 1. The molecule has 1 atom stereocenters. The van der Waals surface area contributed by atoms with E-state index in [1.165, 1.54) is 6.92 Å². The smallest absolute Gasteiger partial charge is 0.280 e. The molecule has 7 heteroatoms. The van der Waals surface area contributed by atoms with Gasteiger partial charge in [0.2, 0.25) is 5.95 Å². The van der Waals surface area contributed by atoms with E-state index >= 15 is 0 Å². The molecule has 0 bridgehead atoms. The molecule has 3 aromatic rings. The van der Waals surface area contributed by atoms with Crippen LogP contribution in [0.1, 0.15) is 20.3 Å². The molecule has 0 saturated carbocycles. The normalized spacial score (nSPS) is 18.5. The second-order valence-corrected chi connectivity index (χ2v) is 6.62. The highest BCUT2D eigenvalue weighted by atomic mass is 16.5. The Kier molecular flexibility index (Phi) is 4.07. The maximum atomic E-state index is 13.0. The number of aryl methyl sites for hydroxylation is 1. The van der Waals surface area contributed by atoms with Crippen molar-refractivity contribution in [3.63, 3.8) is 0 Å². The van der Waals surface area contributed by atoms with E-state index < -0.39 is 17.4 Å². The molecule has 0 aliphatic carbocycles. The molecule has 1 unspecified atom stereocenters. The fraction of sp³-hybridized carbons (Fsp3) is 0.250. The summed E-state index contributed by atoms with van der Waals surface area (Å²) in [6.07, 6.45) is 0.880. The number of fused-ring (bicyclic) bond motifs is 2. The van der Waals surface area contributed by atoms with Gasteiger partial charge >= 0.3 is 0 Å². The maximum Gasteiger partial charge on any atom is 0.280 e. The molecular formula is C20H20N4O3. The molecule has 1 aliphatic rings. The predicted molar refractivity (Wildman–Crippen MR) is 103 cm³/mol. The van der Waals surface area contributed by atoms with Crippen LogP contribution in [0.4, 0.5) is 11.6 Å². The number of para-hydroxylation sites is 4. The van der Waals surface area contributed by atoms with Crippen molar-refractivity contribution in [2.45, 2.75) is 32.4 Å². The van der Waals surface area contributed by atoms with E-state index in [1.807, 2.05) is 28.8 Å². The molecule has 1 aromatic heterocycles. The first-order chi connectivity index (χ1) is 13.0. The zero-order valence-electron chi connectivity index (χ0n) is 15.2. The first-order valence-electron chi connectivity index (χ1n) is 8.89. The van der Waals surface area contributed by atoms with Gasteiger partial charge in [0.25, 0.3) is 17.4 Å². The third-order valence-electron chi connectivity index (χ3n) is 4.64. The highest BCUT2D eigenvalue weighted by Gasteiger charge is 2.47. The Labute approximate surface area is 156 Å². The molecule has 1 aliphatic heterocycles. The Morgan fingerprint density at radius 3 is 2.78 bits per heavy atom. The third kappa shape index (κ3) is 2.81. The van der Waals surface area contributed by atoms with Gasteiger partial charge in [0.15, 0.2) is 0 Å². The minimum atomic E-state index is -1.69. The van der Waals surface area contributed by atoms with Crippen molar-refractivity contribution in [1.82, 2.24) is 9.55 Å². The minimum absolute atomic E-state index is 0.402. The number of hydrogen-bond donors (Lipinski definition) is 2. The van der Waals surface area contributed by atoms with Crippen LogP contribution in [-0.2, 0) is 16.1 Å². The quantitative estimate of drug-likeness (QED) is 0.697. The Morgan fingerprint density at radius 2 is 1.96 bits per heavy atom. The summed E-state index contributed by atoms with van der Waals surface area (Å²) in [5.41, 5.74) is 0.569. The minimum Gasteiger partial charge on any atom is -0.466 e. The summed E-state index contributed by atoms with van der Waals surface area (Å²) in [4.78, 5) is 30.1. The number of imidazole rings is 1. The number of anilines is 2. The van der Waals surface area contributed by atoms with Crippen LogP contribution < -0.4 is 15.4 Å². The summed E-state index contributed by atoms with van der Waals surface area (Å²) in [7, 11) is 0. The van der Waals surface area contributed by atoms with E-state index in [1.54, 1.807) is 24.3 Å². The molecule has 0 radical (unpaired) electrons. The van der Waals surface area contributed by atoms with E-state index in [-0.39, 0.29) is 0 Å². The van der Waals surface area contributed by atoms with Crippen LogP contribution in [-0.4, -0.2) is 27.0 Å². The summed E-state index contributed by atoms with van der Waals surface area (Å²) in [5, 5.41) is 5.51. The lowest BCUT2D eigenvalue weighted by atomic mass is 10.0. The molecule has 2 heterocycles. The number of hydrogen-bond acceptors (Lipinski definition) is 4. The Morgan fingerprint density at radius 1 is 1.22 bits per heavy atom. The Balaban J connectivity index is 1.67. The van der Waals surface area contributed by atoms with E-state index in [2.05, 4.69) is 22.5 Å². The molecule has 0 spiro atoms. The van der Waals surface area contributed by atoms with Gasteiger partial charge in [-0.3, -0.25) is 14.9 Å². The van der Waals surface area contributed by atoms with Crippen molar-refractivity contribution in [2.24, 2.45) is 0 Å². The molecule has 138 valence electrons. The molecule has 2 aromatic carbocycles. The molecule has 7 nitrogen and oxygen atoms in total. The van der Waals surface area contributed by atoms with Crippen LogP contribution in [0.5, 0.6) is 5.75 Å². The molecule has 4 rings (SSSR count). The number of carbonyl (C=O) groups is 2. The Hall–Kier alpha value is -3.35. The van der Waals surface area contributed by atoms with Gasteiger partial charge in [0.1, 0.15) is 5.75 Å². The van der Waals surface area contributed by atoms with Gasteiger partial charge < -0.3 is 14.6 Å². The summed E-state index contributed by atoms with van der Waals surface area (Å²) in [6, 6.07) is 14.7. The van der Waals surface area contributed by atoms with E-state index in [0.717, 1.165) is 17.5 Å². The van der Waals surface area contributed by atoms with E-state index in [0.29, 0.717) is 23.9 Å². The van der Waals surface area contributed by atoms with Crippen molar-refractivity contribution < 1.29 is 14.3 Å². The van der Waals surface area contributed by atoms with Crippen LogP contribution in [0.2, 0.25) is 0 Å². The SMILES string of the molecule is CCCn1c(NC(=O)C2(C)Oc3ccccc3NC2=O)nc2ccccc21. The van der Waals surface area contributed by atoms with Gasteiger partial charge in [-0.05, 0) is 37.6 Å². The van der Waals surface area contributed by atoms with Gasteiger partial charge in [0.05, 0.1) is 16.7 Å². The Bertz CT molecular complexity index is 1040. The van der Waals surface area contributed by atoms with Crippen LogP contribution in [0.15, 0.2) is 48.5 Å². The molecule has 2 N–H and O–H groups in total. The van der Waals surface area contributed by atoms with Gasteiger partial charge in [-0.1, -0.05) is 31.2 Å². The lowest BCUT2D eigenvalue weighted by Crippen LogP contribution is -2.56. The summed E-state index contributed by atoms with van der Waals surface area (Å²) < 4.78 is 7.71. The van der Waals surface area contributed by atoms with Crippen molar-refractivity contribution in [1.29, 1.82) is 0 Å². The highest BCUT2D eigenvalue weighted by molar-refractivity contribution is 6.18. The number of nitrogens with one attached hydrogen (secondary N) is 2. The van der Waals surface area contributed by atoms with Gasteiger partial charge in [0, 0.05) is 6.54 Å². The van der Waals surface area contributed by atoms with Gasteiger partial charge in [-0.25, -0.2) is 4.98 Å². The van der Waals surface area contributed by atoms with Gasteiger partial charge in [-0.2, -0.15) is 0 Å². The monoisotopic (exact) mass is 364 g/mol. The zero-order chi connectivity index (χ0) is 19.0. The van der Waals surface area contributed by atoms with Crippen molar-refractivity contribution in [2.75, 3.05) is 10.6 Å². The van der Waals surface area contributed by atoms with E-state index in [4.69, 9.17) is 4.74 Å². The molecule has 2 amide bonds.